The predicted octanol–water partition coefficient (Wildman–Crippen LogP) is 4.32. The van der Waals surface area contributed by atoms with Gasteiger partial charge in [-0.15, -0.1) is 0 Å². The maximum atomic E-state index is 12.5. The first-order chi connectivity index (χ1) is 16.4. The van der Waals surface area contributed by atoms with Crippen LogP contribution in [0.25, 0.3) is 10.9 Å². The highest BCUT2D eigenvalue weighted by Gasteiger charge is 2.10. The van der Waals surface area contributed by atoms with Crippen LogP contribution in [0.4, 0.5) is 11.4 Å². The molecule has 0 bridgehead atoms. The highest BCUT2D eigenvalue weighted by Crippen LogP contribution is 2.22. The zero-order valence-electron chi connectivity index (χ0n) is 18.3. The van der Waals surface area contributed by atoms with E-state index in [0.29, 0.717) is 17.8 Å². The topological polar surface area (TPSA) is 119 Å². The molecule has 34 heavy (non-hydrogen) atoms. The van der Waals surface area contributed by atoms with E-state index in [1.54, 1.807) is 42.6 Å². The normalized spacial score (nSPS) is 11.0. The Morgan fingerprint density at radius 1 is 1.06 bits per heavy atom. The molecule has 0 spiro atoms. The van der Waals surface area contributed by atoms with Crippen LogP contribution in [0.3, 0.4) is 0 Å². The molecular formula is C25H21N5O4. The van der Waals surface area contributed by atoms with Crippen molar-refractivity contribution in [2.24, 2.45) is 5.10 Å². The number of hydrogen-bond acceptors (Lipinski definition) is 5. The van der Waals surface area contributed by atoms with E-state index in [1.807, 2.05) is 35.0 Å². The van der Waals surface area contributed by atoms with E-state index in [-0.39, 0.29) is 11.6 Å². The Hall–Kier alpha value is -4.79. The molecule has 170 valence electrons. The molecule has 0 aliphatic heterocycles. The summed E-state index contributed by atoms with van der Waals surface area (Å²) in [5, 5.41) is 18.6. The molecule has 0 fully saturated rings. The maximum Gasteiger partial charge on any atom is 0.271 e. The van der Waals surface area contributed by atoms with Crippen LogP contribution in [0.1, 0.15) is 28.4 Å². The minimum Gasteiger partial charge on any atom is -0.342 e. The first kappa shape index (κ1) is 22.4. The van der Waals surface area contributed by atoms with Gasteiger partial charge < -0.3 is 9.88 Å². The molecule has 0 saturated heterocycles. The lowest BCUT2D eigenvalue weighted by atomic mass is 10.2. The smallest absolute Gasteiger partial charge is 0.271 e. The number of nitro groups is 1. The summed E-state index contributed by atoms with van der Waals surface area (Å²) in [5.41, 5.74) is 6.15. The van der Waals surface area contributed by atoms with Gasteiger partial charge in [-0.25, -0.2) is 5.43 Å². The van der Waals surface area contributed by atoms with Gasteiger partial charge in [-0.3, -0.25) is 19.7 Å². The van der Waals surface area contributed by atoms with Gasteiger partial charge in [0.25, 0.3) is 11.6 Å². The zero-order chi connectivity index (χ0) is 24.1. The number of nitrogens with one attached hydrogen (secondary N) is 2. The molecule has 0 saturated carbocycles. The van der Waals surface area contributed by atoms with Crippen LogP contribution >= 0.6 is 0 Å². The summed E-state index contributed by atoms with van der Waals surface area (Å²) in [4.78, 5) is 34.2. The number of hydrogen-bond donors (Lipinski definition) is 2. The summed E-state index contributed by atoms with van der Waals surface area (Å²) in [6, 6.07) is 20.8. The standard InChI is InChI=1S/C25H21N5O4/c1-17(31)27-21-6-4-5-19(13-21)25(32)28-26-14-20-16-29(24-8-3-2-7-23(20)24)15-18-9-11-22(12-10-18)30(33)34/h2-14,16H,15H2,1H3,(H,27,31)(H,28,32). The Kier molecular flexibility index (Phi) is 6.45. The number of non-ortho nitro benzene ring substituents is 1. The Bertz CT molecular complexity index is 1410. The zero-order valence-corrected chi connectivity index (χ0v) is 18.3. The van der Waals surface area contributed by atoms with Gasteiger partial charge in [0.15, 0.2) is 0 Å². The lowest BCUT2D eigenvalue weighted by Gasteiger charge is -2.05. The van der Waals surface area contributed by atoms with Crippen molar-refractivity contribution in [2.75, 3.05) is 5.32 Å². The summed E-state index contributed by atoms with van der Waals surface area (Å²) in [7, 11) is 0. The molecule has 9 nitrogen and oxygen atoms in total. The molecule has 1 heterocycles. The average molecular weight is 455 g/mol. The molecule has 3 aromatic carbocycles. The fraction of sp³-hybridized carbons (Fsp3) is 0.0800. The van der Waals surface area contributed by atoms with Gasteiger partial charge in [-0.1, -0.05) is 36.4 Å². The van der Waals surface area contributed by atoms with Gasteiger partial charge >= 0.3 is 0 Å². The number of benzene rings is 3. The highest BCUT2D eigenvalue weighted by molar-refractivity contribution is 6.01. The third kappa shape index (κ3) is 5.16. The van der Waals surface area contributed by atoms with Gasteiger partial charge in [0.1, 0.15) is 0 Å². The Morgan fingerprint density at radius 3 is 2.56 bits per heavy atom. The van der Waals surface area contributed by atoms with Crippen molar-refractivity contribution in [1.29, 1.82) is 0 Å². The summed E-state index contributed by atoms with van der Waals surface area (Å²) >= 11 is 0. The summed E-state index contributed by atoms with van der Waals surface area (Å²) in [6.07, 6.45) is 3.49. The first-order valence-corrected chi connectivity index (χ1v) is 10.4. The highest BCUT2D eigenvalue weighted by atomic mass is 16.6. The molecule has 1 aromatic heterocycles. The molecule has 0 aliphatic rings. The van der Waals surface area contributed by atoms with E-state index >= 15 is 0 Å². The van der Waals surface area contributed by atoms with Gasteiger partial charge in [0.2, 0.25) is 5.91 Å². The van der Waals surface area contributed by atoms with E-state index in [0.717, 1.165) is 22.0 Å². The van der Waals surface area contributed by atoms with Crippen LogP contribution in [0.5, 0.6) is 0 Å². The van der Waals surface area contributed by atoms with E-state index < -0.39 is 10.8 Å². The minimum absolute atomic E-state index is 0.0484. The van der Waals surface area contributed by atoms with Crippen molar-refractivity contribution >= 4 is 40.3 Å². The molecule has 0 aliphatic carbocycles. The van der Waals surface area contributed by atoms with E-state index in [1.165, 1.54) is 19.1 Å². The monoisotopic (exact) mass is 455 g/mol. The number of nitrogens with zero attached hydrogens (tertiary/aromatic N) is 3. The molecule has 4 aromatic rings. The number of amides is 2. The third-order valence-electron chi connectivity index (χ3n) is 5.13. The number of carbonyl (C=O) groups is 2. The fourth-order valence-corrected chi connectivity index (χ4v) is 3.60. The van der Waals surface area contributed by atoms with Crippen LogP contribution < -0.4 is 10.7 Å². The molecule has 0 radical (unpaired) electrons. The summed E-state index contributed by atoms with van der Waals surface area (Å²) in [6.45, 7) is 1.92. The summed E-state index contributed by atoms with van der Waals surface area (Å²) in [5.74, 6) is -0.626. The van der Waals surface area contributed by atoms with Crippen molar-refractivity contribution in [3.63, 3.8) is 0 Å². The van der Waals surface area contributed by atoms with Gasteiger partial charge in [-0.05, 0) is 29.8 Å². The molecule has 2 N–H and O–H groups in total. The molecule has 4 rings (SSSR count). The lowest BCUT2D eigenvalue weighted by Crippen LogP contribution is -2.18. The van der Waals surface area contributed by atoms with Crippen molar-refractivity contribution in [2.45, 2.75) is 13.5 Å². The van der Waals surface area contributed by atoms with Crippen molar-refractivity contribution < 1.29 is 14.5 Å². The second-order valence-electron chi connectivity index (χ2n) is 7.61. The van der Waals surface area contributed by atoms with Crippen molar-refractivity contribution in [1.82, 2.24) is 9.99 Å². The molecule has 0 unspecified atom stereocenters. The van der Waals surface area contributed by atoms with Crippen molar-refractivity contribution in [3.8, 4) is 0 Å². The Morgan fingerprint density at radius 2 is 1.82 bits per heavy atom. The third-order valence-corrected chi connectivity index (χ3v) is 5.13. The number of fused-ring (bicyclic) bond motifs is 1. The fourth-order valence-electron chi connectivity index (χ4n) is 3.60. The van der Waals surface area contributed by atoms with Crippen LogP contribution in [0.15, 0.2) is 84.1 Å². The number of para-hydroxylation sites is 1. The lowest BCUT2D eigenvalue weighted by molar-refractivity contribution is -0.384. The molecular weight excluding hydrogens is 434 g/mol. The minimum atomic E-state index is -0.423. The van der Waals surface area contributed by atoms with Gasteiger partial charge in [-0.2, -0.15) is 5.10 Å². The van der Waals surface area contributed by atoms with Crippen molar-refractivity contribution in [3.05, 3.63) is 106 Å². The van der Waals surface area contributed by atoms with Crippen LogP contribution in [0, 0.1) is 10.1 Å². The number of rotatable bonds is 7. The van der Waals surface area contributed by atoms with Crippen LogP contribution in [-0.2, 0) is 11.3 Å². The number of anilines is 1. The first-order valence-electron chi connectivity index (χ1n) is 10.4. The predicted molar refractivity (Wildman–Crippen MR) is 130 cm³/mol. The molecule has 2 amide bonds. The second kappa shape index (κ2) is 9.78. The number of hydrazone groups is 1. The van der Waals surface area contributed by atoms with Gasteiger partial charge in [0.05, 0.1) is 11.1 Å². The number of carbonyl (C=O) groups excluding carboxylic acids is 2. The maximum absolute atomic E-state index is 12.5. The largest absolute Gasteiger partial charge is 0.342 e. The quantitative estimate of drug-likeness (QED) is 0.245. The Balaban J connectivity index is 1.52. The molecule has 0 atom stereocenters. The summed E-state index contributed by atoms with van der Waals surface area (Å²) < 4.78 is 2.02. The molecule has 9 heteroatoms. The van der Waals surface area contributed by atoms with Gasteiger partial charge in [0, 0.05) is 59.5 Å². The second-order valence-corrected chi connectivity index (χ2v) is 7.61. The number of aromatic nitrogens is 1. The van der Waals surface area contributed by atoms with Crippen LogP contribution in [0.2, 0.25) is 0 Å². The van der Waals surface area contributed by atoms with Crippen LogP contribution in [-0.4, -0.2) is 27.5 Å². The SMILES string of the molecule is CC(=O)Nc1cccc(C(=O)NN=Cc2cn(Cc3ccc([N+](=O)[O-])cc3)c3ccccc23)c1. The van der Waals surface area contributed by atoms with E-state index in [2.05, 4.69) is 15.8 Å². The van der Waals surface area contributed by atoms with E-state index in [4.69, 9.17) is 0 Å². The number of nitro benzene ring substituents is 1. The average Bonchev–Trinajstić information content (AvgIpc) is 3.16. The van der Waals surface area contributed by atoms with E-state index in [9.17, 15) is 19.7 Å². The Labute approximate surface area is 194 Å².